The molecular weight excluding hydrogens is 86.1 g/mol. The fourth-order valence-electron chi connectivity index (χ4n) is 0.349. The van der Waals surface area contributed by atoms with Crippen molar-refractivity contribution in [2.24, 2.45) is 10.9 Å². The summed E-state index contributed by atoms with van der Waals surface area (Å²) in [5, 5.41) is 0. The second-order valence-electron chi connectivity index (χ2n) is 2.13. The predicted octanol–water partition coefficient (Wildman–Crippen LogP) is 1.73. The van der Waals surface area contributed by atoms with Gasteiger partial charge >= 0.3 is 0 Å². The molecule has 7 heavy (non-hydrogen) atoms. The third kappa shape index (κ3) is 5.67. The lowest BCUT2D eigenvalue weighted by atomic mass is 10.1. The highest BCUT2D eigenvalue weighted by Gasteiger charge is 1.87. The minimum atomic E-state index is 0.769. The summed E-state index contributed by atoms with van der Waals surface area (Å²) in [4.78, 5) is 3.73. The summed E-state index contributed by atoms with van der Waals surface area (Å²) in [6.45, 7) is 8.67. The first-order valence-electron chi connectivity index (χ1n) is 2.70. The predicted molar refractivity (Wildman–Crippen MR) is 33.9 cm³/mol. The molecule has 0 rings (SSSR count). The van der Waals surface area contributed by atoms with E-state index in [1.165, 1.54) is 6.42 Å². The summed E-state index contributed by atoms with van der Waals surface area (Å²) in [5.41, 5.74) is 0. The van der Waals surface area contributed by atoms with E-state index in [1.807, 2.05) is 0 Å². The highest BCUT2D eigenvalue weighted by Crippen LogP contribution is 1.96. The van der Waals surface area contributed by atoms with Crippen molar-refractivity contribution in [3.05, 3.63) is 0 Å². The van der Waals surface area contributed by atoms with Crippen molar-refractivity contribution < 1.29 is 0 Å². The molecule has 0 saturated carbocycles. The molecule has 1 nitrogen and oxygen atoms in total. The quantitative estimate of drug-likeness (QED) is 0.478. The Morgan fingerprint density at radius 2 is 2.14 bits per heavy atom. The Kier molecular flexibility index (Phi) is 3.67. The Bertz CT molecular complexity index is 48.1. The second kappa shape index (κ2) is 3.85. The molecule has 0 aliphatic rings. The molecule has 0 saturated heterocycles. The van der Waals surface area contributed by atoms with Crippen molar-refractivity contribution in [3.8, 4) is 0 Å². The second-order valence-corrected chi connectivity index (χ2v) is 2.13. The molecule has 42 valence electrons. The van der Waals surface area contributed by atoms with Crippen LogP contribution in [0.3, 0.4) is 0 Å². The van der Waals surface area contributed by atoms with E-state index in [-0.39, 0.29) is 0 Å². The SMILES string of the molecule is C=NCCC(C)C. The molecule has 0 atom stereocenters. The lowest BCUT2D eigenvalue weighted by Crippen LogP contribution is -1.88. The zero-order valence-electron chi connectivity index (χ0n) is 5.15. The number of hydrogen-bond donors (Lipinski definition) is 0. The first-order chi connectivity index (χ1) is 3.27. The average Bonchev–Trinajstić information content (AvgIpc) is 1.61. The Labute approximate surface area is 45.5 Å². The molecule has 0 heterocycles. The maximum Gasteiger partial charge on any atom is 0.0384 e. The fourth-order valence-corrected chi connectivity index (χ4v) is 0.349. The van der Waals surface area contributed by atoms with Crippen LogP contribution in [0.5, 0.6) is 0 Å². The van der Waals surface area contributed by atoms with Crippen LogP contribution in [0.15, 0.2) is 4.99 Å². The van der Waals surface area contributed by atoms with Gasteiger partial charge in [-0.2, -0.15) is 0 Å². The van der Waals surface area contributed by atoms with Gasteiger partial charge in [0.15, 0.2) is 0 Å². The van der Waals surface area contributed by atoms with Gasteiger partial charge in [0.25, 0.3) is 0 Å². The lowest BCUT2D eigenvalue weighted by molar-refractivity contribution is 0.598. The van der Waals surface area contributed by atoms with Gasteiger partial charge in [-0.3, -0.25) is 0 Å². The van der Waals surface area contributed by atoms with E-state index < -0.39 is 0 Å². The van der Waals surface area contributed by atoms with E-state index in [4.69, 9.17) is 0 Å². The van der Waals surface area contributed by atoms with Gasteiger partial charge in [0.1, 0.15) is 0 Å². The normalized spacial score (nSPS) is 9.57. The van der Waals surface area contributed by atoms with Crippen LogP contribution in [0, 0.1) is 5.92 Å². The van der Waals surface area contributed by atoms with Crippen molar-refractivity contribution in [3.63, 3.8) is 0 Å². The average molecular weight is 99.2 g/mol. The maximum atomic E-state index is 3.73. The standard InChI is InChI=1S/C6H13N/c1-6(2)4-5-7-3/h6H,3-5H2,1-2H3. The summed E-state index contributed by atoms with van der Waals surface area (Å²) in [6, 6.07) is 0. The van der Waals surface area contributed by atoms with E-state index in [1.54, 1.807) is 0 Å². The van der Waals surface area contributed by atoms with E-state index in [0.717, 1.165) is 12.5 Å². The van der Waals surface area contributed by atoms with Gasteiger partial charge in [0, 0.05) is 6.54 Å². The van der Waals surface area contributed by atoms with Crippen LogP contribution in [0.4, 0.5) is 0 Å². The van der Waals surface area contributed by atoms with E-state index in [0.29, 0.717) is 0 Å². The molecule has 0 spiro atoms. The molecule has 0 unspecified atom stereocenters. The van der Waals surface area contributed by atoms with Crippen LogP contribution in [0.2, 0.25) is 0 Å². The molecule has 0 aromatic heterocycles. The molecular formula is C6H13N. The largest absolute Gasteiger partial charge is 0.301 e. The van der Waals surface area contributed by atoms with E-state index in [2.05, 4.69) is 25.6 Å². The van der Waals surface area contributed by atoms with Crippen LogP contribution in [0.25, 0.3) is 0 Å². The monoisotopic (exact) mass is 99.1 g/mol. The lowest BCUT2D eigenvalue weighted by Gasteiger charge is -1.96. The molecule has 0 amide bonds. The van der Waals surface area contributed by atoms with Gasteiger partial charge in [-0.1, -0.05) is 13.8 Å². The van der Waals surface area contributed by atoms with Crippen molar-refractivity contribution in [1.29, 1.82) is 0 Å². The van der Waals surface area contributed by atoms with Crippen LogP contribution >= 0.6 is 0 Å². The minimum Gasteiger partial charge on any atom is -0.301 e. The van der Waals surface area contributed by atoms with Gasteiger partial charge in [-0.15, -0.1) is 0 Å². The smallest absolute Gasteiger partial charge is 0.0384 e. The van der Waals surface area contributed by atoms with Crippen LogP contribution in [-0.2, 0) is 0 Å². The molecule has 0 aliphatic heterocycles. The third-order valence-corrected chi connectivity index (χ3v) is 0.865. The van der Waals surface area contributed by atoms with E-state index in [9.17, 15) is 0 Å². The number of aliphatic imine (C=N–C) groups is 1. The van der Waals surface area contributed by atoms with E-state index >= 15 is 0 Å². The molecule has 0 aromatic carbocycles. The molecule has 0 aliphatic carbocycles. The Hall–Kier alpha value is -0.330. The van der Waals surface area contributed by atoms with Gasteiger partial charge in [0.2, 0.25) is 0 Å². The third-order valence-electron chi connectivity index (χ3n) is 0.865. The number of hydrogen-bond acceptors (Lipinski definition) is 1. The van der Waals surface area contributed by atoms with Crippen molar-refractivity contribution in [2.45, 2.75) is 20.3 Å². The van der Waals surface area contributed by atoms with Crippen molar-refractivity contribution in [2.75, 3.05) is 6.54 Å². The summed E-state index contributed by atoms with van der Waals surface area (Å²) in [6.07, 6.45) is 1.17. The van der Waals surface area contributed by atoms with Gasteiger partial charge in [-0.05, 0) is 19.1 Å². The first-order valence-corrected chi connectivity index (χ1v) is 2.70. The highest BCUT2D eigenvalue weighted by atomic mass is 14.7. The fraction of sp³-hybridized carbons (Fsp3) is 0.833. The number of rotatable bonds is 3. The van der Waals surface area contributed by atoms with Crippen molar-refractivity contribution >= 4 is 6.72 Å². The van der Waals surface area contributed by atoms with Crippen LogP contribution in [0.1, 0.15) is 20.3 Å². The van der Waals surface area contributed by atoms with Crippen molar-refractivity contribution in [1.82, 2.24) is 0 Å². The number of nitrogens with zero attached hydrogens (tertiary/aromatic N) is 1. The first kappa shape index (κ1) is 6.67. The van der Waals surface area contributed by atoms with Crippen LogP contribution < -0.4 is 0 Å². The van der Waals surface area contributed by atoms with Gasteiger partial charge < -0.3 is 4.99 Å². The maximum absolute atomic E-state index is 3.73. The van der Waals surface area contributed by atoms with Gasteiger partial charge in [0.05, 0.1) is 0 Å². The highest BCUT2D eigenvalue weighted by molar-refractivity contribution is 5.22. The van der Waals surface area contributed by atoms with Gasteiger partial charge in [-0.25, -0.2) is 0 Å². The Balaban J connectivity index is 2.81. The minimum absolute atomic E-state index is 0.769. The summed E-state index contributed by atoms with van der Waals surface area (Å²) < 4.78 is 0. The zero-order chi connectivity index (χ0) is 5.70. The molecule has 0 radical (unpaired) electrons. The zero-order valence-corrected chi connectivity index (χ0v) is 5.15. The Morgan fingerprint density at radius 3 is 2.29 bits per heavy atom. The summed E-state index contributed by atoms with van der Waals surface area (Å²) in [5.74, 6) is 0.769. The molecule has 1 heteroatoms. The summed E-state index contributed by atoms with van der Waals surface area (Å²) >= 11 is 0. The summed E-state index contributed by atoms with van der Waals surface area (Å²) in [7, 11) is 0. The van der Waals surface area contributed by atoms with Crippen LogP contribution in [-0.4, -0.2) is 13.3 Å². The molecule has 0 bridgehead atoms. The topological polar surface area (TPSA) is 12.4 Å². The Morgan fingerprint density at radius 1 is 1.57 bits per heavy atom. The molecule has 0 N–H and O–H groups in total. The molecule has 0 fully saturated rings. The molecule has 0 aromatic rings.